The van der Waals surface area contributed by atoms with Gasteiger partial charge in [0.05, 0.1) is 13.4 Å². The van der Waals surface area contributed by atoms with Gasteiger partial charge in [-0.15, -0.1) is 0 Å². The second-order valence-electron chi connectivity index (χ2n) is 9.69. The van der Waals surface area contributed by atoms with E-state index >= 15 is 0 Å². The number of likely N-dealkylation sites (tertiary alicyclic amines) is 1. The van der Waals surface area contributed by atoms with Gasteiger partial charge in [0, 0.05) is 37.7 Å². The minimum absolute atomic E-state index is 0.0595. The Balaban J connectivity index is 1.29. The summed E-state index contributed by atoms with van der Waals surface area (Å²) in [4.78, 5) is 22.1. The van der Waals surface area contributed by atoms with Crippen molar-refractivity contribution in [1.82, 2.24) is 19.4 Å². The van der Waals surface area contributed by atoms with Crippen LogP contribution in [0.25, 0.3) is 5.82 Å². The lowest BCUT2D eigenvalue weighted by atomic mass is 9.84. The van der Waals surface area contributed by atoms with Gasteiger partial charge in [-0.2, -0.15) is 0 Å². The van der Waals surface area contributed by atoms with Gasteiger partial charge in [-0.25, -0.2) is 4.98 Å². The Kier molecular flexibility index (Phi) is 7.70. The van der Waals surface area contributed by atoms with Crippen LogP contribution >= 0.6 is 0 Å². The second-order valence-corrected chi connectivity index (χ2v) is 9.69. The average Bonchev–Trinajstić information content (AvgIpc) is 3.65. The van der Waals surface area contributed by atoms with Gasteiger partial charge in [0.25, 0.3) is 5.91 Å². The highest BCUT2D eigenvalue weighted by atomic mass is 16.5. The van der Waals surface area contributed by atoms with Crippen molar-refractivity contribution >= 4 is 5.91 Å². The Bertz CT molecular complexity index is 1280. The van der Waals surface area contributed by atoms with Crippen LogP contribution < -0.4 is 4.74 Å². The molecule has 1 aromatic carbocycles. The third kappa shape index (κ3) is 5.78. The van der Waals surface area contributed by atoms with E-state index in [-0.39, 0.29) is 11.9 Å². The molecule has 1 saturated heterocycles. The molecule has 1 amide bonds. The first-order chi connectivity index (χ1) is 18.1. The van der Waals surface area contributed by atoms with Gasteiger partial charge in [0.1, 0.15) is 11.6 Å². The highest BCUT2D eigenvalue weighted by Gasteiger charge is 2.33. The zero-order chi connectivity index (χ0) is 25.6. The topological polar surface area (TPSA) is 63.7 Å². The average molecular weight is 499 g/mol. The Morgan fingerprint density at radius 1 is 1.11 bits per heavy atom. The number of ether oxygens (including phenoxy) is 1. The van der Waals surface area contributed by atoms with Gasteiger partial charge in [0.2, 0.25) is 0 Å². The third-order valence-electron chi connectivity index (χ3n) is 7.42. The van der Waals surface area contributed by atoms with Crippen molar-refractivity contribution in [3.05, 3.63) is 102 Å². The summed E-state index contributed by atoms with van der Waals surface area (Å²) in [6.07, 6.45) is 8.27. The number of amides is 1. The first kappa shape index (κ1) is 24.8. The summed E-state index contributed by atoms with van der Waals surface area (Å²) in [5.74, 6) is 2.46. The fraction of sp³-hybridized carbons (Fsp3) is 0.333. The minimum Gasteiger partial charge on any atom is -0.497 e. The summed E-state index contributed by atoms with van der Waals surface area (Å²) in [6, 6.07) is 21.9. The number of carbonyl (C=O) groups is 1. The van der Waals surface area contributed by atoms with Crippen molar-refractivity contribution < 1.29 is 13.9 Å². The van der Waals surface area contributed by atoms with E-state index in [1.165, 1.54) is 11.3 Å². The van der Waals surface area contributed by atoms with E-state index in [1.54, 1.807) is 25.5 Å². The van der Waals surface area contributed by atoms with Crippen molar-refractivity contribution in [3.8, 4) is 11.6 Å². The molecule has 0 N–H and O–H groups in total. The predicted octanol–water partition coefficient (Wildman–Crippen LogP) is 5.07. The highest BCUT2D eigenvalue weighted by molar-refractivity contribution is 5.91. The van der Waals surface area contributed by atoms with Gasteiger partial charge in [-0.05, 0) is 92.4 Å². The molecule has 0 spiro atoms. The fourth-order valence-corrected chi connectivity index (χ4v) is 5.38. The van der Waals surface area contributed by atoms with Gasteiger partial charge < -0.3 is 18.6 Å². The number of nitrogens with zero attached hydrogens (tertiary/aromatic N) is 4. The number of aromatic nitrogens is 2. The molecular weight excluding hydrogens is 464 g/mol. The van der Waals surface area contributed by atoms with Gasteiger partial charge in [-0.3, -0.25) is 9.69 Å². The maximum absolute atomic E-state index is 13.2. The van der Waals surface area contributed by atoms with Crippen molar-refractivity contribution in [2.45, 2.75) is 31.8 Å². The van der Waals surface area contributed by atoms with E-state index < -0.39 is 0 Å². The predicted molar refractivity (Wildman–Crippen MR) is 143 cm³/mol. The largest absolute Gasteiger partial charge is 0.497 e. The summed E-state index contributed by atoms with van der Waals surface area (Å²) in [5, 5.41) is 0. The van der Waals surface area contributed by atoms with Crippen LogP contribution in [0.5, 0.6) is 5.75 Å². The fourth-order valence-electron chi connectivity index (χ4n) is 5.38. The number of pyridine rings is 1. The summed E-state index contributed by atoms with van der Waals surface area (Å²) in [7, 11) is 3.59. The molecule has 7 nitrogen and oxygen atoms in total. The van der Waals surface area contributed by atoms with Gasteiger partial charge in [-0.1, -0.05) is 18.2 Å². The number of carbonyl (C=O) groups excluding carboxylic acids is 1. The van der Waals surface area contributed by atoms with Crippen molar-refractivity contribution in [1.29, 1.82) is 0 Å². The molecular formula is C30H34N4O3. The smallest absolute Gasteiger partial charge is 0.289 e. The normalized spacial score (nSPS) is 15.4. The molecule has 1 atom stereocenters. The molecule has 1 aliphatic heterocycles. The Hall–Kier alpha value is -3.84. The molecule has 0 aliphatic carbocycles. The molecule has 1 aliphatic rings. The lowest BCUT2D eigenvalue weighted by Gasteiger charge is -2.40. The minimum atomic E-state index is -0.0754. The van der Waals surface area contributed by atoms with Crippen LogP contribution in [-0.2, 0) is 13.0 Å². The number of furan rings is 1. The zero-order valence-corrected chi connectivity index (χ0v) is 21.5. The Morgan fingerprint density at radius 3 is 2.70 bits per heavy atom. The zero-order valence-electron chi connectivity index (χ0n) is 21.5. The molecule has 0 saturated carbocycles. The van der Waals surface area contributed by atoms with Crippen LogP contribution in [0.15, 0.2) is 89.8 Å². The highest BCUT2D eigenvalue weighted by Crippen LogP contribution is 2.29. The summed E-state index contributed by atoms with van der Waals surface area (Å²) in [6.45, 7) is 2.84. The molecule has 4 heterocycles. The molecule has 1 unspecified atom stereocenters. The summed E-state index contributed by atoms with van der Waals surface area (Å²) >= 11 is 0. The maximum atomic E-state index is 13.2. The number of rotatable bonds is 9. The molecule has 37 heavy (non-hydrogen) atoms. The number of methoxy groups -OCH3 is 1. The molecule has 1 fully saturated rings. The van der Waals surface area contributed by atoms with Crippen molar-refractivity contribution in [2.24, 2.45) is 5.92 Å². The lowest BCUT2D eigenvalue weighted by Crippen LogP contribution is -2.47. The molecule has 0 bridgehead atoms. The van der Waals surface area contributed by atoms with Crippen molar-refractivity contribution in [3.63, 3.8) is 0 Å². The number of likely N-dealkylation sites (N-methyl/N-ethyl adjacent to an activating group) is 1. The van der Waals surface area contributed by atoms with E-state index in [9.17, 15) is 4.79 Å². The van der Waals surface area contributed by atoms with Crippen LogP contribution in [-0.4, -0.2) is 58.5 Å². The van der Waals surface area contributed by atoms with E-state index in [2.05, 4.69) is 44.9 Å². The molecule has 0 radical (unpaired) electrons. The van der Waals surface area contributed by atoms with E-state index in [1.807, 2.05) is 48.5 Å². The molecule has 7 heteroatoms. The lowest BCUT2D eigenvalue weighted by molar-refractivity contribution is 0.0555. The summed E-state index contributed by atoms with van der Waals surface area (Å²) < 4.78 is 13.0. The number of hydrogen-bond donors (Lipinski definition) is 0. The Morgan fingerprint density at radius 2 is 1.97 bits per heavy atom. The second kappa shape index (κ2) is 11.5. The number of hydrogen-bond acceptors (Lipinski definition) is 5. The van der Waals surface area contributed by atoms with Gasteiger partial charge >= 0.3 is 0 Å². The van der Waals surface area contributed by atoms with Crippen LogP contribution in [0.3, 0.4) is 0 Å². The Labute approximate surface area is 218 Å². The maximum Gasteiger partial charge on any atom is 0.289 e. The van der Waals surface area contributed by atoms with Crippen LogP contribution in [0.1, 0.15) is 34.7 Å². The quantitative estimate of drug-likeness (QED) is 0.322. The van der Waals surface area contributed by atoms with Crippen LogP contribution in [0.4, 0.5) is 0 Å². The van der Waals surface area contributed by atoms with Crippen LogP contribution in [0.2, 0.25) is 0 Å². The van der Waals surface area contributed by atoms with Gasteiger partial charge in [0.15, 0.2) is 5.76 Å². The van der Waals surface area contributed by atoms with E-state index in [0.717, 1.165) is 50.5 Å². The third-order valence-corrected chi connectivity index (χ3v) is 7.42. The molecule has 4 aromatic rings. The summed E-state index contributed by atoms with van der Waals surface area (Å²) in [5.41, 5.74) is 2.40. The first-order valence-corrected chi connectivity index (χ1v) is 12.9. The van der Waals surface area contributed by atoms with Crippen molar-refractivity contribution in [2.75, 3.05) is 27.2 Å². The van der Waals surface area contributed by atoms with E-state index in [4.69, 9.17) is 9.15 Å². The first-order valence-electron chi connectivity index (χ1n) is 12.9. The number of piperidine rings is 1. The molecule has 5 rings (SSSR count). The SMILES string of the molecule is COc1cccc(CC(C2CCN(Cc3cccn3-c3ccccn3)CC2)N(C)C(=O)c2ccco2)c1. The van der Waals surface area contributed by atoms with E-state index in [0.29, 0.717) is 11.7 Å². The standard InChI is InChI=1S/C30H34N4O3/c1-32(30(35)28-11-7-19-37-28)27(21-23-8-5-10-26(20-23)36-2)24-13-17-33(18-14-24)22-25-9-6-16-34(25)29-12-3-4-15-31-29/h3-12,15-16,19-20,24,27H,13-14,17-18,21-22H2,1-2H3. The van der Waals surface area contributed by atoms with Crippen LogP contribution in [0, 0.1) is 5.92 Å². The molecule has 192 valence electrons. The monoisotopic (exact) mass is 498 g/mol. The number of benzene rings is 1. The molecule has 3 aromatic heterocycles.